The Morgan fingerprint density at radius 1 is 1.44 bits per heavy atom. The van der Waals surface area contributed by atoms with Crippen LogP contribution >= 0.6 is 0 Å². The Balaban J connectivity index is 2.40. The first kappa shape index (κ1) is 12.5. The molecule has 1 saturated heterocycles. The largest absolute Gasteiger partial charge is 0.496 e. The Labute approximate surface area is 101 Å². The van der Waals surface area contributed by atoms with Crippen LogP contribution in [0.15, 0.2) is 18.2 Å². The zero-order valence-electron chi connectivity index (χ0n) is 9.38. The molecule has 0 aromatic heterocycles. The molecule has 1 fully saturated rings. The van der Waals surface area contributed by atoms with E-state index in [1.54, 1.807) is 0 Å². The first-order chi connectivity index (χ1) is 8.41. The molecule has 2 rings (SSSR count). The highest BCUT2D eigenvalue weighted by atomic mass is 19.4. The molecule has 4 nitrogen and oxygen atoms in total. The van der Waals surface area contributed by atoms with Gasteiger partial charge in [0.15, 0.2) is 0 Å². The van der Waals surface area contributed by atoms with Gasteiger partial charge in [0, 0.05) is 5.56 Å². The van der Waals surface area contributed by atoms with Crippen LogP contribution in [0, 0.1) is 0 Å². The fourth-order valence-corrected chi connectivity index (χ4v) is 1.72. The summed E-state index contributed by atoms with van der Waals surface area (Å²) in [6, 6.07) is 3.07. The van der Waals surface area contributed by atoms with Gasteiger partial charge in [0.1, 0.15) is 11.9 Å². The number of nitrogens with one attached hydrogen (secondary N) is 1. The van der Waals surface area contributed by atoms with Crippen LogP contribution < -0.4 is 10.1 Å². The van der Waals surface area contributed by atoms with Gasteiger partial charge in [-0.2, -0.15) is 13.2 Å². The number of carbonyl (C=O) groups excluding carboxylic acids is 1. The number of halogens is 3. The van der Waals surface area contributed by atoms with Crippen molar-refractivity contribution in [1.29, 1.82) is 0 Å². The summed E-state index contributed by atoms with van der Waals surface area (Å²) in [7, 11) is 1.34. The van der Waals surface area contributed by atoms with Crippen molar-refractivity contribution in [3.63, 3.8) is 0 Å². The Kier molecular flexibility index (Phi) is 3.06. The molecule has 7 heteroatoms. The maximum Gasteiger partial charge on any atom is 0.416 e. The van der Waals surface area contributed by atoms with E-state index in [2.05, 4.69) is 5.32 Å². The van der Waals surface area contributed by atoms with E-state index in [-0.39, 0.29) is 17.9 Å². The zero-order chi connectivity index (χ0) is 13.3. The van der Waals surface area contributed by atoms with E-state index < -0.39 is 23.9 Å². The molecule has 0 aliphatic carbocycles. The maximum absolute atomic E-state index is 12.6. The van der Waals surface area contributed by atoms with Crippen LogP contribution in [0.2, 0.25) is 0 Å². The number of carbonyl (C=O) groups is 1. The minimum atomic E-state index is -4.45. The first-order valence-electron chi connectivity index (χ1n) is 5.11. The van der Waals surface area contributed by atoms with E-state index in [0.717, 1.165) is 12.1 Å². The van der Waals surface area contributed by atoms with E-state index in [4.69, 9.17) is 9.47 Å². The van der Waals surface area contributed by atoms with Gasteiger partial charge in [-0.05, 0) is 18.2 Å². The molecule has 1 amide bonds. The number of benzene rings is 1. The van der Waals surface area contributed by atoms with Crippen molar-refractivity contribution in [3.05, 3.63) is 29.3 Å². The minimum absolute atomic E-state index is 0.122. The molecule has 1 N–H and O–H groups in total. The van der Waals surface area contributed by atoms with Crippen LogP contribution in [-0.4, -0.2) is 19.7 Å². The lowest BCUT2D eigenvalue weighted by molar-refractivity contribution is -0.137. The molecule has 0 saturated carbocycles. The summed E-state index contributed by atoms with van der Waals surface area (Å²) < 4.78 is 47.6. The predicted molar refractivity (Wildman–Crippen MR) is 55.2 cm³/mol. The second-order valence-corrected chi connectivity index (χ2v) is 3.73. The van der Waals surface area contributed by atoms with Crippen LogP contribution in [0.3, 0.4) is 0 Å². The Bertz CT molecular complexity index is 473. The van der Waals surface area contributed by atoms with Gasteiger partial charge in [-0.1, -0.05) is 0 Å². The van der Waals surface area contributed by atoms with Crippen molar-refractivity contribution in [1.82, 2.24) is 5.32 Å². The first-order valence-corrected chi connectivity index (χ1v) is 5.11. The Morgan fingerprint density at radius 2 is 2.17 bits per heavy atom. The number of ether oxygens (including phenoxy) is 2. The van der Waals surface area contributed by atoms with Crippen molar-refractivity contribution < 1.29 is 27.4 Å². The number of hydrogen-bond acceptors (Lipinski definition) is 3. The molecule has 1 aromatic rings. The minimum Gasteiger partial charge on any atom is -0.496 e. The number of amides is 1. The van der Waals surface area contributed by atoms with E-state index in [9.17, 15) is 18.0 Å². The van der Waals surface area contributed by atoms with Gasteiger partial charge in [0.25, 0.3) is 0 Å². The summed E-state index contributed by atoms with van der Waals surface area (Å²) in [4.78, 5) is 10.9. The quantitative estimate of drug-likeness (QED) is 0.889. The molecular formula is C11H10F3NO3. The van der Waals surface area contributed by atoms with Gasteiger partial charge in [0.05, 0.1) is 19.2 Å². The highest BCUT2D eigenvalue weighted by molar-refractivity contribution is 5.70. The summed E-state index contributed by atoms with van der Waals surface area (Å²) >= 11 is 0. The third-order valence-electron chi connectivity index (χ3n) is 2.59. The fourth-order valence-electron chi connectivity index (χ4n) is 1.72. The van der Waals surface area contributed by atoms with E-state index in [1.807, 2.05) is 0 Å². The van der Waals surface area contributed by atoms with Gasteiger partial charge in [-0.25, -0.2) is 4.79 Å². The smallest absolute Gasteiger partial charge is 0.416 e. The van der Waals surface area contributed by atoms with Crippen LogP contribution in [0.1, 0.15) is 17.2 Å². The second-order valence-electron chi connectivity index (χ2n) is 3.73. The van der Waals surface area contributed by atoms with E-state index in [0.29, 0.717) is 0 Å². The van der Waals surface area contributed by atoms with Gasteiger partial charge < -0.3 is 14.8 Å². The van der Waals surface area contributed by atoms with Crippen molar-refractivity contribution in [2.24, 2.45) is 0 Å². The van der Waals surface area contributed by atoms with Gasteiger partial charge in [-0.3, -0.25) is 0 Å². The van der Waals surface area contributed by atoms with Gasteiger partial charge >= 0.3 is 12.3 Å². The van der Waals surface area contributed by atoms with Crippen LogP contribution in [0.5, 0.6) is 5.75 Å². The monoisotopic (exact) mass is 261 g/mol. The van der Waals surface area contributed by atoms with Crippen molar-refractivity contribution >= 4 is 6.09 Å². The molecule has 0 radical (unpaired) electrons. The normalized spacial score (nSPS) is 19.3. The average molecular weight is 261 g/mol. The van der Waals surface area contributed by atoms with Crippen LogP contribution in [-0.2, 0) is 10.9 Å². The summed E-state index contributed by atoms with van der Waals surface area (Å²) in [5.74, 6) is 0.254. The van der Waals surface area contributed by atoms with Crippen LogP contribution in [0.25, 0.3) is 0 Å². The van der Waals surface area contributed by atoms with E-state index >= 15 is 0 Å². The summed E-state index contributed by atoms with van der Waals surface area (Å²) in [5.41, 5.74) is -0.605. The number of hydrogen-bond donors (Lipinski definition) is 1. The maximum atomic E-state index is 12.6. The third kappa shape index (κ3) is 2.34. The summed E-state index contributed by atoms with van der Waals surface area (Å²) in [6.07, 6.45) is -5.87. The molecule has 98 valence electrons. The molecule has 1 unspecified atom stereocenters. The molecule has 1 heterocycles. The average Bonchev–Trinajstić information content (AvgIpc) is 2.73. The lowest BCUT2D eigenvalue weighted by Crippen LogP contribution is -2.13. The number of alkyl carbamates (subject to hydrolysis) is 1. The topological polar surface area (TPSA) is 47.6 Å². The van der Waals surface area contributed by atoms with Crippen molar-refractivity contribution in [3.8, 4) is 5.75 Å². The highest BCUT2D eigenvalue weighted by Gasteiger charge is 2.34. The third-order valence-corrected chi connectivity index (χ3v) is 2.59. The molecule has 18 heavy (non-hydrogen) atoms. The molecular weight excluding hydrogens is 251 g/mol. The second kappa shape index (κ2) is 4.40. The SMILES string of the molecule is COc1ccc(C(F)(F)F)cc1C1CNC(=O)O1. The number of alkyl halides is 3. The Hall–Kier alpha value is -1.92. The molecule has 0 bridgehead atoms. The molecule has 0 spiro atoms. The molecule has 1 aliphatic rings. The number of rotatable bonds is 2. The number of methoxy groups -OCH3 is 1. The van der Waals surface area contributed by atoms with Crippen molar-refractivity contribution in [2.45, 2.75) is 12.3 Å². The fraction of sp³-hybridized carbons (Fsp3) is 0.364. The molecule has 1 aliphatic heterocycles. The summed E-state index contributed by atoms with van der Waals surface area (Å²) in [5, 5.41) is 2.38. The highest BCUT2D eigenvalue weighted by Crippen LogP contribution is 2.36. The van der Waals surface area contributed by atoms with Crippen LogP contribution in [0.4, 0.5) is 18.0 Å². The van der Waals surface area contributed by atoms with Gasteiger partial charge in [0.2, 0.25) is 0 Å². The van der Waals surface area contributed by atoms with Gasteiger partial charge in [-0.15, -0.1) is 0 Å². The molecule has 1 aromatic carbocycles. The van der Waals surface area contributed by atoms with Crippen molar-refractivity contribution in [2.75, 3.05) is 13.7 Å². The van der Waals surface area contributed by atoms with E-state index in [1.165, 1.54) is 13.2 Å². The predicted octanol–water partition coefficient (Wildman–Crippen LogP) is 2.49. The summed E-state index contributed by atoms with van der Waals surface area (Å²) in [6.45, 7) is 0.122. The lowest BCUT2D eigenvalue weighted by atomic mass is 10.0. The molecule has 1 atom stereocenters. The zero-order valence-corrected chi connectivity index (χ0v) is 9.38. The standard InChI is InChI=1S/C11H10F3NO3/c1-17-8-3-2-6(11(12,13)14)4-7(8)9-5-15-10(16)18-9/h2-4,9H,5H2,1H3,(H,15,16). The number of cyclic esters (lactones) is 1. The lowest BCUT2D eigenvalue weighted by Gasteiger charge is -2.15. The Morgan fingerprint density at radius 3 is 2.67 bits per heavy atom.